The summed E-state index contributed by atoms with van der Waals surface area (Å²) in [5, 5.41) is 2.69. The van der Waals surface area contributed by atoms with Gasteiger partial charge < -0.3 is 10.1 Å². The molecule has 1 fully saturated rings. The first-order valence-corrected chi connectivity index (χ1v) is 8.63. The van der Waals surface area contributed by atoms with Gasteiger partial charge >= 0.3 is 0 Å². The maximum Gasteiger partial charge on any atom is 0.223 e. The molecule has 1 aromatic carbocycles. The number of sulfone groups is 1. The molecule has 0 spiro atoms. The molecule has 0 aliphatic carbocycles. The van der Waals surface area contributed by atoms with Gasteiger partial charge in [-0.15, -0.1) is 0 Å². The van der Waals surface area contributed by atoms with Gasteiger partial charge in [-0.25, -0.2) is 12.8 Å². The van der Waals surface area contributed by atoms with Crippen molar-refractivity contribution in [2.45, 2.75) is 12.8 Å². The van der Waals surface area contributed by atoms with Gasteiger partial charge in [-0.3, -0.25) is 4.79 Å². The van der Waals surface area contributed by atoms with E-state index in [1.165, 1.54) is 12.1 Å². The van der Waals surface area contributed by atoms with Gasteiger partial charge in [-0.05, 0) is 24.5 Å². The summed E-state index contributed by atoms with van der Waals surface area (Å²) in [6.07, 6.45) is 0.697. The van der Waals surface area contributed by atoms with E-state index in [1.807, 2.05) is 0 Å². The molecule has 21 heavy (non-hydrogen) atoms. The molecule has 1 heterocycles. The van der Waals surface area contributed by atoms with Crippen LogP contribution in [0.5, 0.6) is 5.75 Å². The molecule has 0 radical (unpaired) electrons. The molecule has 2 rings (SSSR count). The molecule has 1 aromatic rings. The quantitative estimate of drug-likeness (QED) is 0.854. The Morgan fingerprint density at radius 3 is 2.81 bits per heavy atom. The largest absolute Gasteiger partial charge is 0.490 e. The average molecular weight is 315 g/mol. The Hall–Kier alpha value is -1.63. The number of nitrogens with one attached hydrogen (secondary N) is 1. The predicted molar refractivity (Wildman–Crippen MR) is 76.3 cm³/mol. The molecule has 0 bridgehead atoms. The molecule has 1 aliphatic rings. The molecular formula is C14H18FNO4S. The lowest BCUT2D eigenvalue weighted by molar-refractivity contribution is -0.121. The summed E-state index contributed by atoms with van der Waals surface area (Å²) in [7, 11) is -2.92. The van der Waals surface area contributed by atoms with Crippen LogP contribution in [0.1, 0.15) is 12.8 Å². The Balaban J connectivity index is 1.65. The number of carbonyl (C=O) groups excluding carboxylic acids is 1. The Kier molecular flexibility index (Phi) is 5.17. The van der Waals surface area contributed by atoms with Crippen molar-refractivity contribution in [2.24, 2.45) is 5.92 Å². The zero-order valence-corrected chi connectivity index (χ0v) is 12.4. The minimum absolute atomic E-state index is 0.00793. The highest BCUT2D eigenvalue weighted by atomic mass is 32.2. The molecular weight excluding hydrogens is 297 g/mol. The normalized spacial score (nSPS) is 20.1. The highest BCUT2D eigenvalue weighted by Crippen LogP contribution is 2.17. The van der Waals surface area contributed by atoms with Crippen LogP contribution < -0.4 is 10.1 Å². The van der Waals surface area contributed by atoms with Crippen molar-refractivity contribution in [1.82, 2.24) is 5.32 Å². The first-order valence-electron chi connectivity index (χ1n) is 6.81. The van der Waals surface area contributed by atoms with Crippen LogP contribution in [0, 0.1) is 11.7 Å². The van der Waals surface area contributed by atoms with Crippen molar-refractivity contribution < 1.29 is 22.3 Å². The molecule has 1 saturated heterocycles. The maximum atomic E-state index is 13.3. The number of ether oxygens (including phenoxy) is 1. The van der Waals surface area contributed by atoms with E-state index in [9.17, 15) is 17.6 Å². The maximum absolute atomic E-state index is 13.3. The second-order valence-electron chi connectivity index (χ2n) is 5.10. The topological polar surface area (TPSA) is 72.5 Å². The van der Waals surface area contributed by atoms with Crippen LogP contribution in [0.15, 0.2) is 24.3 Å². The zero-order valence-electron chi connectivity index (χ0n) is 11.5. The number of para-hydroxylation sites is 1. The van der Waals surface area contributed by atoms with E-state index >= 15 is 0 Å². The monoisotopic (exact) mass is 315 g/mol. The van der Waals surface area contributed by atoms with Gasteiger partial charge in [0.15, 0.2) is 21.4 Å². The molecule has 1 aliphatic heterocycles. The zero-order chi connectivity index (χ0) is 15.3. The summed E-state index contributed by atoms with van der Waals surface area (Å²) in [6.45, 7) is 0.438. The number of halogens is 1. The molecule has 0 unspecified atom stereocenters. The van der Waals surface area contributed by atoms with E-state index < -0.39 is 15.7 Å². The van der Waals surface area contributed by atoms with Gasteiger partial charge in [0, 0.05) is 6.54 Å². The van der Waals surface area contributed by atoms with E-state index in [-0.39, 0.29) is 42.1 Å². The van der Waals surface area contributed by atoms with E-state index in [0.717, 1.165) is 0 Å². The highest BCUT2D eigenvalue weighted by Gasteiger charge is 2.27. The molecule has 0 saturated carbocycles. The second-order valence-corrected chi connectivity index (χ2v) is 7.33. The Morgan fingerprint density at radius 2 is 2.14 bits per heavy atom. The fraction of sp³-hybridized carbons (Fsp3) is 0.500. The molecule has 1 amide bonds. The van der Waals surface area contributed by atoms with Crippen molar-refractivity contribution >= 4 is 15.7 Å². The minimum atomic E-state index is -2.92. The summed E-state index contributed by atoms with van der Waals surface area (Å²) in [4.78, 5) is 11.6. The van der Waals surface area contributed by atoms with Crippen LogP contribution >= 0.6 is 0 Å². The lowest BCUT2D eigenvalue weighted by Crippen LogP contribution is -2.30. The van der Waals surface area contributed by atoms with Gasteiger partial charge in [0.1, 0.15) is 0 Å². The van der Waals surface area contributed by atoms with Crippen molar-refractivity contribution in [2.75, 3.05) is 24.7 Å². The summed E-state index contributed by atoms with van der Waals surface area (Å²) in [6, 6.07) is 6.00. The SMILES string of the molecule is O=C(CCOc1ccccc1F)NC[C@H]1CCS(=O)(=O)C1. The van der Waals surface area contributed by atoms with Crippen LogP contribution in [0.3, 0.4) is 0 Å². The third-order valence-corrected chi connectivity index (χ3v) is 5.17. The predicted octanol–water partition coefficient (Wildman–Crippen LogP) is 1.15. The van der Waals surface area contributed by atoms with E-state index in [4.69, 9.17) is 4.74 Å². The first kappa shape index (κ1) is 15.8. The third kappa shape index (κ3) is 5.00. The van der Waals surface area contributed by atoms with Crippen molar-refractivity contribution in [3.63, 3.8) is 0 Å². The molecule has 5 nitrogen and oxygen atoms in total. The number of hydrogen-bond acceptors (Lipinski definition) is 4. The average Bonchev–Trinajstić information content (AvgIpc) is 2.78. The van der Waals surface area contributed by atoms with E-state index in [1.54, 1.807) is 12.1 Å². The standard InChI is InChI=1S/C14H18FNO4S/c15-12-3-1-2-4-13(12)20-7-5-14(17)16-9-11-6-8-21(18,19)10-11/h1-4,11H,5-10H2,(H,16,17)/t11-/m1/s1. The lowest BCUT2D eigenvalue weighted by Gasteiger charge is -2.10. The van der Waals surface area contributed by atoms with Gasteiger partial charge in [0.25, 0.3) is 0 Å². The van der Waals surface area contributed by atoms with Gasteiger partial charge in [-0.1, -0.05) is 12.1 Å². The minimum Gasteiger partial charge on any atom is -0.490 e. The van der Waals surface area contributed by atoms with Crippen LogP contribution in [0.25, 0.3) is 0 Å². The number of hydrogen-bond donors (Lipinski definition) is 1. The van der Waals surface area contributed by atoms with Crippen LogP contribution in [-0.4, -0.2) is 39.0 Å². The number of amides is 1. The van der Waals surface area contributed by atoms with Crippen molar-refractivity contribution in [1.29, 1.82) is 0 Å². The molecule has 1 atom stereocenters. The van der Waals surface area contributed by atoms with E-state index in [0.29, 0.717) is 13.0 Å². The van der Waals surface area contributed by atoms with Gasteiger partial charge in [0.2, 0.25) is 5.91 Å². The smallest absolute Gasteiger partial charge is 0.223 e. The number of benzene rings is 1. The fourth-order valence-electron chi connectivity index (χ4n) is 2.20. The molecule has 1 N–H and O–H groups in total. The molecule has 116 valence electrons. The Morgan fingerprint density at radius 1 is 1.38 bits per heavy atom. The highest BCUT2D eigenvalue weighted by molar-refractivity contribution is 7.91. The summed E-state index contributed by atoms with van der Waals surface area (Å²) in [5.74, 6) is -0.244. The second kappa shape index (κ2) is 6.89. The summed E-state index contributed by atoms with van der Waals surface area (Å²) in [5.41, 5.74) is 0. The van der Waals surface area contributed by atoms with Gasteiger partial charge in [-0.2, -0.15) is 0 Å². The molecule has 7 heteroatoms. The first-order chi connectivity index (χ1) is 9.96. The van der Waals surface area contributed by atoms with E-state index in [2.05, 4.69) is 5.32 Å². The van der Waals surface area contributed by atoms with Crippen LogP contribution in [-0.2, 0) is 14.6 Å². The van der Waals surface area contributed by atoms with Gasteiger partial charge in [0.05, 0.1) is 24.5 Å². The van der Waals surface area contributed by atoms with Crippen LogP contribution in [0.2, 0.25) is 0 Å². The number of carbonyl (C=O) groups is 1. The molecule has 0 aromatic heterocycles. The Labute approximate surface area is 123 Å². The fourth-order valence-corrected chi connectivity index (χ4v) is 4.06. The third-order valence-electron chi connectivity index (χ3n) is 3.34. The summed E-state index contributed by atoms with van der Waals surface area (Å²) < 4.78 is 41.0. The number of rotatable bonds is 6. The lowest BCUT2D eigenvalue weighted by atomic mass is 10.1. The summed E-state index contributed by atoms with van der Waals surface area (Å²) >= 11 is 0. The van der Waals surface area contributed by atoms with Crippen molar-refractivity contribution in [3.8, 4) is 5.75 Å². The van der Waals surface area contributed by atoms with Crippen LogP contribution in [0.4, 0.5) is 4.39 Å². The Bertz CT molecular complexity index is 603. The van der Waals surface area contributed by atoms with Crippen molar-refractivity contribution in [3.05, 3.63) is 30.1 Å².